The fourth-order valence-electron chi connectivity index (χ4n) is 1.16. The Morgan fingerprint density at radius 3 is 2.42 bits per heavy atom. The largest absolute Gasteiger partial charge is 0.478 e. The van der Waals surface area contributed by atoms with E-state index >= 15 is 0 Å². The Balaban J connectivity index is 2.67. The second kappa shape index (κ2) is 5.46. The molecule has 0 aliphatic carbocycles. The van der Waals surface area contributed by atoms with Crippen molar-refractivity contribution in [3.63, 3.8) is 0 Å². The summed E-state index contributed by atoms with van der Waals surface area (Å²) in [6, 6.07) is 2.35. The number of hydrogen-bond acceptors (Lipinski definition) is 3. The number of carbonyl (C=O) groups excluding carboxylic acids is 1. The highest BCUT2D eigenvalue weighted by atomic mass is 19.4. The summed E-state index contributed by atoms with van der Waals surface area (Å²) < 4.78 is 35.5. The Morgan fingerprint density at radius 1 is 1.32 bits per heavy atom. The van der Waals surface area contributed by atoms with Gasteiger partial charge in [0.1, 0.15) is 6.54 Å². The molecule has 0 atom stereocenters. The van der Waals surface area contributed by atoms with Crippen molar-refractivity contribution in [1.82, 2.24) is 5.32 Å². The normalized spacial score (nSPS) is 10.9. The third kappa shape index (κ3) is 4.74. The number of hydrogen-bond donors (Lipinski definition) is 4. The first-order valence-electron chi connectivity index (χ1n) is 4.93. The van der Waals surface area contributed by atoms with Crippen LogP contribution in [0.1, 0.15) is 10.4 Å². The van der Waals surface area contributed by atoms with E-state index in [1.807, 2.05) is 0 Å². The molecular weight excluding hydrogens is 267 g/mol. The summed E-state index contributed by atoms with van der Waals surface area (Å²) >= 11 is 0. The predicted octanol–water partition coefficient (Wildman–Crippen LogP) is 1.65. The van der Waals surface area contributed by atoms with Crippen LogP contribution in [0.2, 0.25) is 0 Å². The van der Waals surface area contributed by atoms with Gasteiger partial charge in [-0.1, -0.05) is 0 Å². The number of amides is 2. The van der Waals surface area contributed by atoms with Crippen molar-refractivity contribution in [2.45, 2.75) is 6.18 Å². The molecule has 1 rings (SSSR count). The van der Waals surface area contributed by atoms with Gasteiger partial charge in [-0.05, 0) is 18.2 Å². The van der Waals surface area contributed by atoms with E-state index in [2.05, 4.69) is 5.32 Å². The molecule has 0 fully saturated rings. The SMILES string of the molecule is Nc1cc(C(=O)O)ccc1NC(=O)NCC(F)(F)F. The minimum absolute atomic E-state index is 0.0182. The molecular formula is C10H10F3N3O3. The topological polar surface area (TPSA) is 104 Å². The molecule has 0 spiro atoms. The third-order valence-electron chi connectivity index (χ3n) is 2.00. The quantitative estimate of drug-likeness (QED) is 0.630. The summed E-state index contributed by atoms with van der Waals surface area (Å²) in [7, 11) is 0. The number of carboxylic acid groups (broad SMARTS) is 1. The first-order valence-corrected chi connectivity index (χ1v) is 4.93. The summed E-state index contributed by atoms with van der Waals surface area (Å²) in [6.45, 7) is -1.48. The van der Waals surface area contributed by atoms with Gasteiger partial charge in [0, 0.05) is 0 Å². The summed E-state index contributed by atoms with van der Waals surface area (Å²) in [5.74, 6) is -1.21. The molecule has 0 radical (unpaired) electrons. The van der Waals surface area contributed by atoms with Gasteiger partial charge in [0.15, 0.2) is 0 Å². The number of urea groups is 1. The van der Waals surface area contributed by atoms with Gasteiger partial charge in [-0.25, -0.2) is 9.59 Å². The maximum atomic E-state index is 11.8. The molecule has 0 aliphatic heterocycles. The fourth-order valence-corrected chi connectivity index (χ4v) is 1.16. The molecule has 104 valence electrons. The number of nitrogens with two attached hydrogens (primary N) is 1. The molecule has 1 aromatic rings. The fraction of sp³-hybridized carbons (Fsp3) is 0.200. The standard InChI is InChI=1S/C10H10F3N3O3/c11-10(12,13)4-15-9(19)16-7-2-1-5(8(17)18)3-6(7)14/h1-3H,4,14H2,(H,17,18)(H2,15,16,19). The highest BCUT2D eigenvalue weighted by Gasteiger charge is 2.27. The third-order valence-corrected chi connectivity index (χ3v) is 2.00. The molecule has 19 heavy (non-hydrogen) atoms. The van der Waals surface area contributed by atoms with Crippen molar-refractivity contribution < 1.29 is 27.9 Å². The first kappa shape index (κ1) is 14.6. The maximum Gasteiger partial charge on any atom is 0.405 e. The number of aromatic carboxylic acids is 1. The Labute approximate surface area is 105 Å². The zero-order valence-corrected chi connectivity index (χ0v) is 9.41. The van der Waals surface area contributed by atoms with Gasteiger partial charge in [0.05, 0.1) is 16.9 Å². The molecule has 0 heterocycles. The lowest BCUT2D eigenvalue weighted by atomic mass is 10.2. The lowest BCUT2D eigenvalue weighted by Gasteiger charge is -2.11. The molecule has 0 saturated carbocycles. The van der Waals surface area contributed by atoms with Crippen LogP contribution in [0.3, 0.4) is 0 Å². The molecule has 6 nitrogen and oxygen atoms in total. The van der Waals surface area contributed by atoms with Gasteiger partial charge in [0.25, 0.3) is 0 Å². The van der Waals surface area contributed by atoms with Crippen LogP contribution in [0.5, 0.6) is 0 Å². The van der Waals surface area contributed by atoms with E-state index in [-0.39, 0.29) is 16.9 Å². The lowest BCUT2D eigenvalue weighted by Crippen LogP contribution is -2.36. The number of alkyl halides is 3. The van der Waals surface area contributed by atoms with Crippen LogP contribution in [0.4, 0.5) is 29.3 Å². The van der Waals surface area contributed by atoms with Crippen molar-refractivity contribution in [2.75, 3.05) is 17.6 Å². The van der Waals surface area contributed by atoms with Gasteiger partial charge < -0.3 is 21.5 Å². The predicted molar refractivity (Wildman–Crippen MR) is 60.9 cm³/mol. The molecule has 2 amide bonds. The van der Waals surface area contributed by atoms with Crippen LogP contribution in [-0.4, -0.2) is 29.8 Å². The zero-order chi connectivity index (χ0) is 14.6. The average Bonchev–Trinajstić information content (AvgIpc) is 2.28. The van der Waals surface area contributed by atoms with Crippen LogP contribution in [0.25, 0.3) is 0 Å². The van der Waals surface area contributed by atoms with Gasteiger partial charge in [-0.15, -0.1) is 0 Å². The number of anilines is 2. The summed E-state index contributed by atoms with van der Waals surface area (Å²) in [6.07, 6.45) is -4.52. The molecule has 0 aromatic heterocycles. The van der Waals surface area contributed by atoms with Gasteiger partial charge >= 0.3 is 18.2 Å². The average molecular weight is 277 g/mol. The molecule has 0 bridgehead atoms. The van der Waals surface area contributed by atoms with Gasteiger partial charge in [-0.3, -0.25) is 0 Å². The minimum atomic E-state index is -4.52. The van der Waals surface area contributed by atoms with Crippen LogP contribution in [0, 0.1) is 0 Å². The van der Waals surface area contributed by atoms with E-state index < -0.39 is 24.7 Å². The van der Waals surface area contributed by atoms with E-state index in [1.165, 1.54) is 6.07 Å². The molecule has 0 unspecified atom stereocenters. The Morgan fingerprint density at radius 2 is 1.95 bits per heavy atom. The highest BCUT2D eigenvalue weighted by molar-refractivity contribution is 5.95. The molecule has 1 aromatic carbocycles. The molecule has 0 saturated heterocycles. The number of rotatable bonds is 3. The van der Waals surface area contributed by atoms with Crippen molar-refractivity contribution in [3.05, 3.63) is 23.8 Å². The van der Waals surface area contributed by atoms with Crippen molar-refractivity contribution in [2.24, 2.45) is 0 Å². The number of carbonyl (C=O) groups is 2. The lowest BCUT2D eigenvalue weighted by molar-refractivity contribution is -0.122. The van der Waals surface area contributed by atoms with Crippen LogP contribution >= 0.6 is 0 Å². The number of nitrogens with one attached hydrogen (secondary N) is 2. The molecule has 9 heteroatoms. The van der Waals surface area contributed by atoms with E-state index in [1.54, 1.807) is 5.32 Å². The van der Waals surface area contributed by atoms with Crippen LogP contribution < -0.4 is 16.4 Å². The zero-order valence-electron chi connectivity index (χ0n) is 9.41. The summed E-state index contributed by atoms with van der Waals surface area (Å²) in [5, 5.41) is 12.3. The van der Waals surface area contributed by atoms with E-state index in [9.17, 15) is 22.8 Å². The molecule has 5 N–H and O–H groups in total. The first-order chi connectivity index (χ1) is 8.69. The highest BCUT2D eigenvalue weighted by Crippen LogP contribution is 2.20. The number of nitrogen functional groups attached to an aromatic ring is 1. The van der Waals surface area contributed by atoms with Crippen LogP contribution in [-0.2, 0) is 0 Å². The number of carboxylic acids is 1. The molecule has 0 aliphatic rings. The van der Waals surface area contributed by atoms with Crippen molar-refractivity contribution in [3.8, 4) is 0 Å². The minimum Gasteiger partial charge on any atom is -0.478 e. The second-order valence-electron chi connectivity index (χ2n) is 3.53. The van der Waals surface area contributed by atoms with Gasteiger partial charge in [0.2, 0.25) is 0 Å². The van der Waals surface area contributed by atoms with E-state index in [4.69, 9.17) is 10.8 Å². The van der Waals surface area contributed by atoms with E-state index in [0.717, 1.165) is 12.1 Å². The second-order valence-corrected chi connectivity index (χ2v) is 3.53. The Kier molecular flexibility index (Phi) is 4.20. The summed E-state index contributed by atoms with van der Waals surface area (Å²) in [5.41, 5.74) is 5.31. The van der Waals surface area contributed by atoms with Crippen molar-refractivity contribution in [1.29, 1.82) is 0 Å². The Bertz CT molecular complexity index is 503. The maximum absolute atomic E-state index is 11.8. The van der Waals surface area contributed by atoms with Gasteiger partial charge in [-0.2, -0.15) is 13.2 Å². The van der Waals surface area contributed by atoms with E-state index in [0.29, 0.717) is 0 Å². The smallest absolute Gasteiger partial charge is 0.405 e. The summed E-state index contributed by atoms with van der Waals surface area (Å²) in [4.78, 5) is 21.8. The van der Waals surface area contributed by atoms with Crippen LogP contribution in [0.15, 0.2) is 18.2 Å². The number of benzene rings is 1. The van der Waals surface area contributed by atoms with Crippen molar-refractivity contribution >= 4 is 23.4 Å². The monoisotopic (exact) mass is 277 g/mol. The Hall–Kier alpha value is -2.45. The number of halogens is 3.